The number of aromatic nitrogens is 6. The highest BCUT2D eigenvalue weighted by atomic mass is 16.5. The summed E-state index contributed by atoms with van der Waals surface area (Å²) >= 11 is 0. The second kappa shape index (κ2) is 10.2. The van der Waals surface area contributed by atoms with Crippen LogP contribution in [0.3, 0.4) is 0 Å². The molecule has 0 saturated heterocycles. The lowest BCUT2D eigenvalue weighted by Gasteiger charge is -2.14. The molecule has 1 fully saturated rings. The van der Waals surface area contributed by atoms with Gasteiger partial charge in [0.15, 0.2) is 5.82 Å². The molecule has 0 unspecified atom stereocenters. The van der Waals surface area contributed by atoms with Gasteiger partial charge in [-0.3, -0.25) is 14.3 Å². The first-order valence-corrected chi connectivity index (χ1v) is 13.0. The largest absolute Gasteiger partial charge is 0.489 e. The Balaban J connectivity index is 1.38. The highest BCUT2D eigenvalue weighted by molar-refractivity contribution is 5.78. The number of nitrogens with zero attached hydrogens (tertiary/aromatic N) is 6. The first-order chi connectivity index (χ1) is 19.0. The minimum absolute atomic E-state index is 0.0418. The number of hydrogen-bond acceptors (Lipinski definition) is 8. The summed E-state index contributed by atoms with van der Waals surface area (Å²) in [4.78, 5) is 35.8. The van der Waals surface area contributed by atoms with E-state index in [1.807, 2.05) is 50.2 Å². The zero-order valence-corrected chi connectivity index (χ0v) is 22.0. The molecule has 5 aromatic rings. The molecule has 6 rings (SSSR count). The quantitative estimate of drug-likeness (QED) is 0.281. The lowest BCUT2D eigenvalue weighted by Crippen LogP contribution is -2.21. The minimum Gasteiger partial charge on any atom is -0.489 e. The van der Waals surface area contributed by atoms with Crippen LogP contribution in [0.15, 0.2) is 72.0 Å². The summed E-state index contributed by atoms with van der Waals surface area (Å²) in [7, 11) is 1.58. The van der Waals surface area contributed by atoms with Gasteiger partial charge in [0, 0.05) is 35.3 Å². The predicted molar refractivity (Wildman–Crippen MR) is 148 cm³/mol. The van der Waals surface area contributed by atoms with Gasteiger partial charge in [0.05, 0.1) is 25.5 Å². The summed E-state index contributed by atoms with van der Waals surface area (Å²) in [6.07, 6.45) is 7.16. The Bertz CT molecular complexity index is 1710. The van der Waals surface area contributed by atoms with Crippen LogP contribution < -0.4 is 15.0 Å². The molecule has 4 heterocycles. The summed E-state index contributed by atoms with van der Waals surface area (Å²) in [6.45, 7) is 4.33. The molecule has 9 heteroatoms. The van der Waals surface area contributed by atoms with Gasteiger partial charge in [-0.25, -0.2) is 19.9 Å². The van der Waals surface area contributed by atoms with Gasteiger partial charge in [0.2, 0.25) is 5.88 Å². The zero-order chi connectivity index (χ0) is 26.9. The molecule has 0 N–H and O–H groups in total. The van der Waals surface area contributed by atoms with Crippen molar-refractivity contribution in [1.29, 1.82) is 0 Å². The monoisotopic (exact) mass is 520 g/mol. The standard InChI is InChI=1S/C30H28N6O3/c1-18(2)39-23-5-4-14-31-26(23)20-8-6-19(7-9-20)16-36-24(37)13-12-22-15-32-28(35-29(22)36)25-27(21-10-11-21)33-17-34-30(25)38-3/h4-9,12-15,17-18,21H,10-11,16H2,1-3H3. The third-order valence-corrected chi connectivity index (χ3v) is 6.65. The van der Waals surface area contributed by atoms with Crippen molar-refractivity contribution in [3.05, 3.63) is 88.9 Å². The maximum atomic E-state index is 13.1. The number of methoxy groups -OCH3 is 1. The van der Waals surface area contributed by atoms with Gasteiger partial charge in [-0.1, -0.05) is 24.3 Å². The number of ether oxygens (including phenoxy) is 2. The van der Waals surface area contributed by atoms with Gasteiger partial charge < -0.3 is 9.47 Å². The van der Waals surface area contributed by atoms with Gasteiger partial charge in [-0.2, -0.15) is 0 Å². The highest BCUT2D eigenvalue weighted by Crippen LogP contribution is 2.44. The molecule has 0 atom stereocenters. The van der Waals surface area contributed by atoms with E-state index in [1.54, 1.807) is 36.2 Å². The fourth-order valence-corrected chi connectivity index (χ4v) is 4.66. The van der Waals surface area contributed by atoms with Crippen LogP contribution in [0.1, 0.15) is 43.9 Å². The van der Waals surface area contributed by atoms with Crippen molar-refractivity contribution in [2.75, 3.05) is 7.11 Å². The van der Waals surface area contributed by atoms with Crippen LogP contribution in [-0.2, 0) is 6.54 Å². The Labute approximate surface area is 225 Å². The molecule has 0 spiro atoms. The van der Waals surface area contributed by atoms with Crippen molar-refractivity contribution in [3.8, 4) is 34.3 Å². The van der Waals surface area contributed by atoms with Crippen LogP contribution in [0.5, 0.6) is 11.6 Å². The van der Waals surface area contributed by atoms with E-state index in [9.17, 15) is 4.79 Å². The van der Waals surface area contributed by atoms with E-state index in [4.69, 9.17) is 14.5 Å². The second-order valence-corrected chi connectivity index (χ2v) is 9.86. The van der Waals surface area contributed by atoms with Crippen molar-refractivity contribution in [1.82, 2.24) is 29.5 Å². The third-order valence-electron chi connectivity index (χ3n) is 6.65. The average molecular weight is 521 g/mol. The van der Waals surface area contributed by atoms with Crippen LogP contribution in [0.4, 0.5) is 0 Å². The molecule has 0 amide bonds. The summed E-state index contributed by atoms with van der Waals surface area (Å²) < 4.78 is 13.1. The third kappa shape index (κ3) is 4.95. The summed E-state index contributed by atoms with van der Waals surface area (Å²) in [5.74, 6) is 1.96. The van der Waals surface area contributed by atoms with Gasteiger partial charge in [0.25, 0.3) is 5.56 Å². The Kier molecular flexibility index (Phi) is 6.48. The van der Waals surface area contributed by atoms with Crippen molar-refractivity contribution >= 4 is 11.0 Å². The summed E-state index contributed by atoms with van der Waals surface area (Å²) in [5, 5.41) is 0.766. The van der Waals surface area contributed by atoms with Crippen LogP contribution in [0, 0.1) is 0 Å². The first-order valence-electron chi connectivity index (χ1n) is 13.0. The first kappa shape index (κ1) is 24.7. The van der Waals surface area contributed by atoms with Crippen molar-refractivity contribution in [2.45, 2.75) is 45.3 Å². The molecule has 0 bridgehead atoms. The number of benzene rings is 1. The van der Waals surface area contributed by atoms with Crippen LogP contribution >= 0.6 is 0 Å². The highest BCUT2D eigenvalue weighted by Gasteiger charge is 2.31. The number of hydrogen-bond donors (Lipinski definition) is 0. The molecule has 39 heavy (non-hydrogen) atoms. The fraction of sp³-hybridized carbons (Fsp3) is 0.267. The van der Waals surface area contributed by atoms with E-state index in [0.717, 1.165) is 46.5 Å². The number of fused-ring (bicyclic) bond motifs is 1. The molecule has 1 aliphatic carbocycles. The Morgan fingerprint density at radius 3 is 2.56 bits per heavy atom. The van der Waals surface area contributed by atoms with Crippen LogP contribution in [-0.4, -0.2) is 42.7 Å². The van der Waals surface area contributed by atoms with E-state index < -0.39 is 0 Å². The van der Waals surface area contributed by atoms with Crippen molar-refractivity contribution < 1.29 is 9.47 Å². The predicted octanol–water partition coefficient (Wildman–Crippen LogP) is 5.03. The zero-order valence-electron chi connectivity index (χ0n) is 22.0. The number of rotatable bonds is 8. The summed E-state index contributed by atoms with van der Waals surface area (Å²) in [5.41, 5.74) is 4.64. The van der Waals surface area contributed by atoms with Crippen LogP contribution in [0.25, 0.3) is 33.7 Å². The molecular formula is C30H28N6O3. The Hall–Kier alpha value is -4.66. The van der Waals surface area contributed by atoms with E-state index in [-0.39, 0.29) is 11.7 Å². The van der Waals surface area contributed by atoms with Crippen molar-refractivity contribution in [2.24, 2.45) is 0 Å². The lowest BCUT2D eigenvalue weighted by atomic mass is 10.1. The number of pyridine rings is 2. The van der Waals surface area contributed by atoms with Gasteiger partial charge in [0.1, 0.15) is 29.0 Å². The molecule has 9 nitrogen and oxygen atoms in total. The van der Waals surface area contributed by atoms with Crippen LogP contribution in [0.2, 0.25) is 0 Å². The van der Waals surface area contributed by atoms with E-state index >= 15 is 0 Å². The smallest absolute Gasteiger partial charge is 0.252 e. The maximum absolute atomic E-state index is 13.1. The van der Waals surface area contributed by atoms with E-state index in [0.29, 0.717) is 35.4 Å². The SMILES string of the molecule is COc1ncnc(C2CC2)c1-c1ncc2ccc(=O)n(Cc3ccc(-c4ncccc4OC(C)C)cc3)c2n1. The minimum atomic E-state index is -0.146. The van der Waals surface area contributed by atoms with Crippen molar-refractivity contribution in [3.63, 3.8) is 0 Å². The van der Waals surface area contributed by atoms with Gasteiger partial charge in [-0.05, 0) is 50.5 Å². The Morgan fingerprint density at radius 2 is 1.82 bits per heavy atom. The summed E-state index contributed by atoms with van der Waals surface area (Å²) in [6, 6.07) is 15.1. The van der Waals surface area contributed by atoms with Gasteiger partial charge in [-0.15, -0.1) is 0 Å². The fourth-order valence-electron chi connectivity index (χ4n) is 4.66. The van der Waals surface area contributed by atoms with E-state index in [2.05, 4.69) is 19.9 Å². The maximum Gasteiger partial charge on any atom is 0.252 e. The molecule has 4 aromatic heterocycles. The molecule has 1 aromatic carbocycles. The Morgan fingerprint density at radius 1 is 1.00 bits per heavy atom. The van der Waals surface area contributed by atoms with E-state index in [1.165, 1.54) is 6.33 Å². The molecule has 0 aliphatic heterocycles. The topological polar surface area (TPSA) is 105 Å². The molecule has 196 valence electrons. The molecule has 0 radical (unpaired) electrons. The molecule has 1 saturated carbocycles. The molecule has 1 aliphatic rings. The average Bonchev–Trinajstić information content (AvgIpc) is 3.80. The lowest BCUT2D eigenvalue weighted by molar-refractivity contribution is 0.242. The molecular weight excluding hydrogens is 492 g/mol. The second-order valence-electron chi connectivity index (χ2n) is 9.86. The normalized spacial score (nSPS) is 13.1. The van der Waals surface area contributed by atoms with Gasteiger partial charge >= 0.3 is 0 Å².